The van der Waals surface area contributed by atoms with Crippen LogP contribution in [-0.2, 0) is 9.59 Å². The zero-order valence-corrected chi connectivity index (χ0v) is 12.2. The van der Waals surface area contributed by atoms with Crippen molar-refractivity contribution in [1.29, 1.82) is 0 Å². The van der Waals surface area contributed by atoms with Gasteiger partial charge in [0.25, 0.3) is 0 Å². The summed E-state index contributed by atoms with van der Waals surface area (Å²) >= 11 is 0. The molecule has 0 bridgehead atoms. The maximum absolute atomic E-state index is 12.1. The van der Waals surface area contributed by atoms with Gasteiger partial charge in [0.1, 0.15) is 6.04 Å². The molecule has 110 valence electrons. The first kappa shape index (κ1) is 15.9. The molecule has 2 amide bonds. The Morgan fingerprint density at radius 3 is 2.84 bits per heavy atom. The molecular formula is C13H26N4O2. The third-order valence-corrected chi connectivity index (χ3v) is 3.54. The van der Waals surface area contributed by atoms with Crippen LogP contribution in [-0.4, -0.2) is 62.0 Å². The van der Waals surface area contributed by atoms with Crippen LogP contribution >= 0.6 is 0 Å². The van der Waals surface area contributed by atoms with Crippen LogP contribution in [0, 0.1) is 0 Å². The van der Waals surface area contributed by atoms with Gasteiger partial charge in [0.2, 0.25) is 11.8 Å². The van der Waals surface area contributed by atoms with Crippen LogP contribution in [0.3, 0.4) is 0 Å². The smallest absolute Gasteiger partial charge is 0.238 e. The van der Waals surface area contributed by atoms with Gasteiger partial charge in [-0.05, 0) is 13.3 Å². The Kier molecular flexibility index (Phi) is 6.80. The predicted octanol–water partition coefficient (Wildman–Crippen LogP) is -0.689. The maximum Gasteiger partial charge on any atom is 0.238 e. The Hall–Kier alpha value is -1.14. The normalized spacial score (nSPS) is 21.7. The van der Waals surface area contributed by atoms with E-state index in [1.807, 2.05) is 11.8 Å². The SMILES string of the molecule is CCCCNC(=O)C(C)N1CCNCC1C(=O)NC. The number of piperazine rings is 1. The maximum atomic E-state index is 12.1. The van der Waals surface area contributed by atoms with Gasteiger partial charge in [0.05, 0.1) is 6.04 Å². The number of carbonyl (C=O) groups is 2. The Bertz CT molecular complexity index is 309. The van der Waals surface area contributed by atoms with E-state index in [0.717, 1.165) is 19.4 Å². The summed E-state index contributed by atoms with van der Waals surface area (Å²) in [6.45, 7) is 6.76. The average molecular weight is 270 g/mol. The monoisotopic (exact) mass is 270 g/mol. The Labute approximate surface area is 115 Å². The largest absolute Gasteiger partial charge is 0.358 e. The number of nitrogens with zero attached hydrogens (tertiary/aromatic N) is 1. The summed E-state index contributed by atoms with van der Waals surface area (Å²) in [6.07, 6.45) is 2.04. The summed E-state index contributed by atoms with van der Waals surface area (Å²) in [5, 5.41) is 8.78. The number of unbranched alkanes of at least 4 members (excludes halogenated alkanes) is 1. The van der Waals surface area contributed by atoms with E-state index in [9.17, 15) is 9.59 Å². The second-order valence-electron chi connectivity index (χ2n) is 4.89. The average Bonchev–Trinajstić information content (AvgIpc) is 2.45. The Balaban J connectivity index is 2.58. The molecule has 0 aromatic heterocycles. The highest BCUT2D eigenvalue weighted by Gasteiger charge is 2.33. The fourth-order valence-electron chi connectivity index (χ4n) is 2.28. The Morgan fingerprint density at radius 1 is 1.47 bits per heavy atom. The molecule has 1 rings (SSSR count). The van der Waals surface area contributed by atoms with Crippen molar-refractivity contribution in [2.75, 3.05) is 33.2 Å². The molecule has 1 fully saturated rings. The van der Waals surface area contributed by atoms with E-state index < -0.39 is 0 Å². The van der Waals surface area contributed by atoms with Crippen molar-refractivity contribution in [3.63, 3.8) is 0 Å². The fraction of sp³-hybridized carbons (Fsp3) is 0.846. The van der Waals surface area contributed by atoms with Gasteiger partial charge in [-0.25, -0.2) is 0 Å². The molecule has 2 atom stereocenters. The van der Waals surface area contributed by atoms with E-state index in [1.54, 1.807) is 7.05 Å². The molecule has 2 unspecified atom stereocenters. The fourth-order valence-corrected chi connectivity index (χ4v) is 2.28. The first-order valence-electron chi connectivity index (χ1n) is 7.07. The van der Waals surface area contributed by atoms with E-state index in [0.29, 0.717) is 19.6 Å². The van der Waals surface area contributed by atoms with Crippen LogP contribution in [0.5, 0.6) is 0 Å². The van der Waals surface area contributed by atoms with E-state index in [4.69, 9.17) is 0 Å². The highest BCUT2D eigenvalue weighted by atomic mass is 16.2. The zero-order valence-electron chi connectivity index (χ0n) is 12.2. The Morgan fingerprint density at radius 2 is 2.21 bits per heavy atom. The molecule has 1 aliphatic heterocycles. The minimum atomic E-state index is -0.277. The number of rotatable bonds is 6. The number of nitrogens with one attached hydrogen (secondary N) is 3. The van der Waals surface area contributed by atoms with Crippen LogP contribution in [0.1, 0.15) is 26.7 Å². The first-order chi connectivity index (χ1) is 9.11. The molecule has 0 spiro atoms. The molecule has 0 saturated carbocycles. The highest BCUT2D eigenvalue weighted by molar-refractivity contribution is 5.85. The highest BCUT2D eigenvalue weighted by Crippen LogP contribution is 2.09. The molecule has 3 N–H and O–H groups in total. The minimum absolute atomic E-state index is 0.00394. The van der Waals surface area contributed by atoms with Crippen LogP contribution in [0.15, 0.2) is 0 Å². The molecular weight excluding hydrogens is 244 g/mol. The van der Waals surface area contributed by atoms with Gasteiger partial charge in [0, 0.05) is 33.2 Å². The summed E-state index contributed by atoms with van der Waals surface area (Å²) in [6, 6.07) is -0.549. The lowest BCUT2D eigenvalue weighted by Crippen LogP contribution is -2.62. The van der Waals surface area contributed by atoms with Crippen molar-refractivity contribution in [3.8, 4) is 0 Å². The molecule has 6 nitrogen and oxygen atoms in total. The lowest BCUT2D eigenvalue weighted by Gasteiger charge is -2.38. The third-order valence-electron chi connectivity index (χ3n) is 3.54. The summed E-state index contributed by atoms with van der Waals surface area (Å²) in [5.41, 5.74) is 0. The molecule has 0 aliphatic carbocycles. The van der Waals surface area contributed by atoms with Crippen LogP contribution < -0.4 is 16.0 Å². The topological polar surface area (TPSA) is 73.5 Å². The lowest BCUT2D eigenvalue weighted by atomic mass is 10.1. The summed E-state index contributed by atoms with van der Waals surface area (Å²) in [5.74, 6) is -0.0374. The molecule has 19 heavy (non-hydrogen) atoms. The molecule has 6 heteroatoms. The van der Waals surface area contributed by atoms with Gasteiger partial charge >= 0.3 is 0 Å². The van der Waals surface area contributed by atoms with Crippen LogP contribution in [0.25, 0.3) is 0 Å². The number of amides is 2. The summed E-state index contributed by atoms with van der Waals surface area (Å²) in [4.78, 5) is 25.9. The van der Waals surface area contributed by atoms with Crippen molar-refractivity contribution in [1.82, 2.24) is 20.9 Å². The molecule has 0 radical (unpaired) electrons. The molecule has 1 heterocycles. The molecule has 1 saturated heterocycles. The van der Waals surface area contributed by atoms with Gasteiger partial charge in [-0.15, -0.1) is 0 Å². The van der Waals surface area contributed by atoms with Gasteiger partial charge in [-0.3, -0.25) is 14.5 Å². The van der Waals surface area contributed by atoms with Gasteiger partial charge in [-0.1, -0.05) is 13.3 Å². The zero-order chi connectivity index (χ0) is 14.3. The molecule has 0 aromatic rings. The second-order valence-corrected chi connectivity index (χ2v) is 4.89. The summed E-state index contributed by atoms with van der Waals surface area (Å²) < 4.78 is 0. The second kappa shape index (κ2) is 8.12. The van der Waals surface area contributed by atoms with E-state index in [2.05, 4.69) is 22.9 Å². The number of carbonyl (C=O) groups excluding carboxylic acids is 2. The first-order valence-corrected chi connectivity index (χ1v) is 7.07. The van der Waals surface area contributed by atoms with Gasteiger partial charge in [-0.2, -0.15) is 0 Å². The number of hydrogen-bond acceptors (Lipinski definition) is 4. The predicted molar refractivity (Wildman–Crippen MR) is 74.8 cm³/mol. The van der Waals surface area contributed by atoms with E-state index in [-0.39, 0.29) is 23.9 Å². The van der Waals surface area contributed by atoms with Crippen LogP contribution in [0.2, 0.25) is 0 Å². The molecule has 1 aliphatic rings. The number of likely N-dealkylation sites (N-methyl/N-ethyl adjacent to an activating group) is 1. The van der Waals surface area contributed by atoms with Gasteiger partial charge < -0.3 is 16.0 Å². The van der Waals surface area contributed by atoms with Crippen LogP contribution in [0.4, 0.5) is 0 Å². The lowest BCUT2D eigenvalue weighted by molar-refractivity contribution is -0.132. The van der Waals surface area contributed by atoms with Crippen molar-refractivity contribution in [2.24, 2.45) is 0 Å². The van der Waals surface area contributed by atoms with Crippen molar-refractivity contribution in [2.45, 2.75) is 38.8 Å². The third kappa shape index (κ3) is 4.47. The van der Waals surface area contributed by atoms with E-state index in [1.165, 1.54) is 0 Å². The van der Waals surface area contributed by atoms with E-state index >= 15 is 0 Å². The van der Waals surface area contributed by atoms with Crippen molar-refractivity contribution < 1.29 is 9.59 Å². The quantitative estimate of drug-likeness (QED) is 0.559. The standard InChI is InChI=1S/C13H26N4O2/c1-4-5-6-16-12(18)10(2)17-8-7-15-9-11(17)13(19)14-3/h10-11,15H,4-9H2,1-3H3,(H,14,19)(H,16,18). The van der Waals surface area contributed by atoms with Crippen molar-refractivity contribution >= 4 is 11.8 Å². The summed E-state index contributed by atoms with van der Waals surface area (Å²) in [7, 11) is 1.63. The van der Waals surface area contributed by atoms with Gasteiger partial charge in [0.15, 0.2) is 0 Å². The minimum Gasteiger partial charge on any atom is -0.358 e. The molecule has 0 aromatic carbocycles. The van der Waals surface area contributed by atoms with Crippen molar-refractivity contribution in [3.05, 3.63) is 0 Å². The number of hydrogen-bond donors (Lipinski definition) is 3.